The Balaban J connectivity index is 1.37. The maximum absolute atomic E-state index is 14.0. The molecule has 5 rings (SSSR count). The number of ether oxygens (including phenoxy) is 1. The zero-order chi connectivity index (χ0) is 24.2. The van der Waals surface area contributed by atoms with Crippen LogP contribution in [0.3, 0.4) is 0 Å². The van der Waals surface area contributed by atoms with Gasteiger partial charge in [0.05, 0.1) is 16.9 Å². The van der Waals surface area contributed by atoms with E-state index < -0.39 is 5.82 Å². The van der Waals surface area contributed by atoms with E-state index in [1.807, 2.05) is 13.0 Å². The predicted octanol–water partition coefficient (Wildman–Crippen LogP) is 5.49. The summed E-state index contributed by atoms with van der Waals surface area (Å²) in [4.78, 5) is 21.2. The first-order valence-electron chi connectivity index (χ1n) is 12.2. The highest BCUT2D eigenvalue weighted by atomic mass is 32.2. The molecule has 1 aliphatic carbocycles. The number of benzene rings is 2. The van der Waals surface area contributed by atoms with E-state index in [0.29, 0.717) is 11.5 Å². The van der Waals surface area contributed by atoms with Crippen molar-refractivity contribution in [2.45, 2.75) is 51.5 Å². The standard InChI is InChI=1S/C26H30FN5O2S/c1-17-12-20(32-35-10-4-5-11-35)14-22-25(17)26(29-16-28-22)31-21-9-8-18(27)13-23(21)34-15-24(33)30-19-6-2-3-7-19/h8-9,12-14,16,19H,2-7,10-11,15H2,1H3,(H,30,33)(H,28,29,31). The fourth-order valence-corrected chi connectivity index (χ4v) is 6.59. The molecule has 1 saturated heterocycles. The fraction of sp³-hybridized carbons (Fsp3) is 0.423. The lowest BCUT2D eigenvalue weighted by atomic mass is 10.1. The first-order valence-corrected chi connectivity index (χ1v) is 13.7. The maximum Gasteiger partial charge on any atom is 0.258 e. The zero-order valence-electron chi connectivity index (χ0n) is 19.8. The van der Waals surface area contributed by atoms with Crippen molar-refractivity contribution in [3.05, 3.63) is 48.0 Å². The summed E-state index contributed by atoms with van der Waals surface area (Å²) >= 11 is 0. The van der Waals surface area contributed by atoms with Gasteiger partial charge in [-0.1, -0.05) is 23.5 Å². The first-order chi connectivity index (χ1) is 17.0. The molecule has 0 bridgehead atoms. The number of carbonyl (C=O) groups is 1. The molecule has 0 radical (unpaired) electrons. The van der Waals surface area contributed by atoms with Gasteiger partial charge in [0.2, 0.25) is 0 Å². The van der Waals surface area contributed by atoms with Gasteiger partial charge in [0, 0.05) is 29.0 Å². The van der Waals surface area contributed by atoms with Crippen LogP contribution in [0, 0.1) is 12.7 Å². The summed E-state index contributed by atoms with van der Waals surface area (Å²) in [6.45, 7) is 1.84. The van der Waals surface area contributed by atoms with Gasteiger partial charge < -0.3 is 15.4 Å². The average Bonchev–Trinajstić information content (AvgIpc) is 3.53. The van der Waals surface area contributed by atoms with Gasteiger partial charge in [-0.25, -0.2) is 18.7 Å². The monoisotopic (exact) mass is 495 g/mol. The highest BCUT2D eigenvalue weighted by Gasteiger charge is 2.18. The summed E-state index contributed by atoms with van der Waals surface area (Å²) in [6.07, 6.45) is 8.26. The van der Waals surface area contributed by atoms with Crippen LogP contribution >= 0.6 is 0 Å². The minimum absolute atomic E-state index is 0.101. The van der Waals surface area contributed by atoms with Crippen molar-refractivity contribution < 1.29 is 13.9 Å². The normalized spacial score (nSPS) is 16.5. The Morgan fingerprint density at radius 3 is 2.74 bits per heavy atom. The van der Waals surface area contributed by atoms with Gasteiger partial charge in [-0.2, -0.15) is 0 Å². The number of nitrogens with one attached hydrogen (secondary N) is 2. The molecular formula is C26H30FN5O2S. The third-order valence-electron chi connectivity index (χ3n) is 6.44. The van der Waals surface area contributed by atoms with Crippen molar-refractivity contribution in [3.63, 3.8) is 0 Å². The third-order valence-corrected chi connectivity index (χ3v) is 8.43. The van der Waals surface area contributed by atoms with Crippen molar-refractivity contribution in [2.24, 2.45) is 4.36 Å². The second-order valence-electron chi connectivity index (χ2n) is 9.15. The predicted molar refractivity (Wildman–Crippen MR) is 138 cm³/mol. The summed E-state index contributed by atoms with van der Waals surface area (Å²) in [7, 11) is 0.101. The number of aromatic nitrogens is 2. The number of hydrogen-bond acceptors (Lipinski definition) is 6. The van der Waals surface area contributed by atoms with E-state index in [1.165, 1.54) is 42.8 Å². The van der Waals surface area contributed by atoms with Crippen LogP contribution < -0.4 is 15.4 Å². The molecular weight excluding hydrogens is 465 g/mol. The molecule has 2 aromatic carbocycles. The van der Waals surface area contributed by atoms with E-state index in [0.717, 1.165) is 47.8 Å². The molecule has 7 nitrogen and oxygen atoms in total. The topological polar surface area (TPSA) is 88.5 Å². The summed E-state index contributed by atoms with van der Waals surface area (Å²) in [5.74, 6) is 2.54. The highest BCUT2D eigenvalue weighted by molar-refractivity contribution is 7.87. The summed E-state index contributed by atoms with van der Waals surface area (Å²) < 4.78 is 24.7. The second kappa shape index (κ2) is 10.7. The van der Waals surface area contributed by atoms with Crippen LogP contribution in [0.25, 0.3) is 10.9 Å². The number of aryl methyl sites for hydroxylation is 1. The van der Waals surface area contributed by atoms with Crippen LogP contribution in [0.1, 0.15) is 44.1 Å². The summed E-state index contributed by atoms with van der Waals surface area (Å²) in [5.41, 5.74) is 3.28. The van der Waals surface area contributed by atoms with Crippen molar-refractivity contribution in [3.8, 4) is 5.75 Å². The SMILES string of the molecule is Cc1cc(N=S2CCCC2)cc2ncnc(Nc3ccc(F)cc3OCC(=O)NC3CCCC3)c12. The molecule has 184 valence electrons. The third kappa shape index (κ3) is 5.78. The Kier molecular flexibility index (Phi) is 7.22. The molecule has 2 aliphatic rings. The van der Waals surface area contributed by atoms with E-state index in [2.05, 4.69) is 26.7 Å². The van der Waals surface area contributed by atoms with Crippen LogP contribution in [0.2, 0.25) is 0 Å². The molecule has 1 aliphatic heterocycles. The highest BCUT2D eigenvalue weighted by Crippen LogP contribution is 2.34. The van der Waals surface area contributed by atoms with E-state index in [1.54, 1.807) is 6.07 Å². The Morgan fingerprint density at radius 1 is 1.14 bits per heavy atom. The molecule has 35 heavy (non-hydrogen) atoms. The van der Waals surface area contributed by atoms with E-state index in [4.69, 9.17) is 9.10 Å². The number of nitrogens with zero attached hydrogens (tertiary/aromatic N) is 3. The number of halogens is 1. The van der Waals surface area contributed by atoms with E-state index >= 15 is 0 Å². The van der Waals surface area contributed by atoms with Gasteiger partial charge in [-0.3, -0.25) is 4.79 Å². The van der Waals surface area contributed by atoms with Crippen LogP contribution in [-0.4, -0.2) is 40.0 Å². The number of hydrogen-bond donors (Lipinski definition) is 2. The quantitative estimate of drug-likeness (QED) is 0.453. The molecule has 1 aromatic heterocycles. The summed E-state index contributed by atoms with van der Waals surface area (Å²) in [5, 5.41) is 7.13. The van der Waals surface area contributed by atoms with Crippen LogP contribution in [0.15, 0.2) is 41.0 Å². The molecule has 1 amide bonds. The second-order valence-corrected chi connectivity index (χ2v) is 11.1. The summed E-state index contributed by atoms with van der Waals surface area (Å²) in [6, 6.07) is 8.49. The fourth-order valence-electron chi connectivity index (χ4n) is 4.73. The van der Waals surface area contributed by atoms with Crippen LogP contribution in [0.5, 0.6) is 5.75 Å². The largest absolute Gasteiger partial charge is 0.481 e. The molecule has 1 saturated carbocycles. The Labute approximate surface area is 207 Å². The van der Waals surface area contributed by atoms with Gasteiger partial charge >= 0.3 is 0 Å². The Hall–Kier alpha value is -3.07. The number of carbonyl (C=O) groups excluding carboxylic acids is 1. The minimum atomic E-state index is -0.440. The van der Waals surface area contributed by atoms with E-state index in [-0.39, 0.29) is 35.0 Å². The van der Waals surface area contributed by atoms with Gasteiger partial charge in [0.1, 0.15) is 23.7 Å². The van der Waals surface area contributed by atoms with E-state index in [9.17, 15) is 9.18 Å². The van der Waals surface area contributed by atoms with Crippen LogP contribution in [-0.2, 0) is 15.5 Å². The Bertz CT molecular complexity index is 1270. The molecule has 2 heterocycles. The maximum atomic E-state index is 14.0. The molecule has 2 fully saturated rings. The lowest BCUT2D eigenvalue weighted by Crippen LogP contribution is -2.36. The number of amides is 1. The van der Waals surface area contributed by atoms with Gasteiger partial charge in [0.15, 0.2) is 6.61 Å². The van der Waals surface area contributed by atoms with Crippen molar-refractivity contribution in [1.29, 1.82) is 0 Å². The van der Waals surface area contributed by atoms with Crippen LogP contribution in [0.4, 0.5) is 21.6 Å². The molecule has 2 N–H and O–H groups in total. The molecule has 3 aromatic rings. The molecule has 0 unspecified atom stereocenters. The molecule has 0 atom stereocenters. The lowest BCUT2D eigenvalue weighted by molar-refractivity contribution is -0.123. The molecule has 0 spiro atoms. The number of anilines is 2. The van der Waals surface area contributed by atoms with Gasteiger partial charge in [-0.15, -0.1) is 0 Å². The minimum Gasteiger partial charge on any atom is -0.481 e. The smallest absolute Gasteiger partial charge is 0.258 e. The number of fused-ring (bicyclic) bond motifs is 1. The Morgan fingerprint density at radius 2 is 1.94 bits per heavy atom. The lowest BCUT2D eigenvalue weighted by Gasteiger charge is -2.16. The average molecular weight is 496 g/mol. The van der Waals surface area contributed by atoms with Crippen molar-refractivity contribution in [2.75, 3.05) is 23.4 Å². The first kappa shape index (κ1) is 23.7. The number of rotatable bonds is 7. The van der Waals surface area contributed by atoms with Crippen molar-refractivity contribution in [1.82, 2.24) is 15.3 Å². The van der Waals surface area contributed by atoms with Crippen molar-refractivity contribution >= 4 is 44.7 Å². The van der Waals surface area contributed by atoms with Gasteiger partial charge in [0.25, 0.3) is 5.91 Å². The van der Waals surface area contributed by atoms with Gasteiger partial charge in [-0.05, 0) is 62.4 Å². The molecule has 9 heteroatoms. The zero-order valence-corrected chi connectivity index (χ0v) is 20.7.